The molecule has 1 aliphatic carbocycles. The Morgan fingerprint density at radius 1 is 1.30 bits per heavy atom. The first-order valence-corrected chi connectivity index (χ1v) is 11.4. The molecule has 164 valence electrons. The molecular weight excluding hydrogens is 402 g/mol. The Morgan fingerprint density at radius 3 is 2.77 bits per heavy atom. The molecule has 0 aliphatic heterocycles. The quantitative estimate of drug-likeness (QED) is 0.356. The zero-order valence-electron chi connectivity index (χ0n) is 18.2. The van der Waals surface area contributed by atoms with Crippen molar-refractivity contribution in [1.82, 2.24) is 15.1 Å². The number of pyridine rings is 1. The Bertz CT molecular complexity index is 825. The van der Waals surface area contributed by atoms with Crippen molar-refractivity contribution >= 4 is 17.6 Å². The summed E-state index contributed by atoms with van der Waals surface area (Å²) in [6.45, 7) is 5.62. The van der Waals surface area contributed by atoms with Crippen LogP contribution in [0.1, 0.15) is 90.4 Å². The molecule has 30 heavy (non-hydrogen) atoms. The van der Waals surface area contributed by atoms with Crippen LogP contribution >= 0.6 is 11.6 Å². The van der Waals surface area contributed by atoms with E-state index in [1.165, 1.54) is 38.5 Å². The standard InChI is InChI=1S/C23H32ClN3O3/c1-23(2,3)29-19(28)15-17(12-7-11-16-9-5-4-6-10-16)22-26-21(27-30-22)18-13-8-14-25-20(18)24/h8,13-14,16-17H,4-7,9-12,15H2,1-3H3. The van der Waals surface area contributed by atoms with E-state index in [2.05, 4.69) is 15.1 Å². The minimum Gasteiger partial charge on any atom is -0.460 e. The summed E-state index contributed by atoms with van der Waals surface area (Å²) >= 11 is 6.17. The third-order valence-electron chi connectivity index (χ3n) is 5.51. The fourth-order valence-electron chi connectivity index (χ4n) is 4.09. The maximum Gasteiger partial charge on any atom is 0.307 e. The number of aromatic nitrogens is 3. The predicted molar refractivity (Wildman–Crippen MR) is 116 cm³/mol. The lowest BCUT2D eigenvalue weighted by atomic mass is 9.84. The molecule has 2 aromatic heterocycles. The number of halogens is 1. The van der Waals surface area contributed by atoms with Gasteiger partial charge in [-0.2, -0.15) is 4.98 Å². The Morgan fingerprint density at radius 2 is 2.07 bits per heavy atom. The van der Waals surface area contributed by atoms with E-state index in [0.29, 0.717) is 22.4 Å². The first-order valence-electron chi connectivity index (χ1n) is 11.0. The zero-order valence-corrected chi connectivity index (χ0v) is 19.0. The number of esters is 1. The van der Waals surface area contributed by atoms with Crippen LogP contribution in [0.4, 0.5) is 0 Å². The molecule has 1 fully saturated rings. The van der Waals surface area contributed by atoms with E-state index in [9.17, 15) is 4.79 Å². The van der Waals surface area contributed by atoms with Crippen molar-refractivity contribution in [3.63, 3.8) is 0 Å². The molecule has 2 heterocycles. The molecule has 1 atom stereocenters. The number of carbonyl (C=O) groups excluding carboxylic acids is 1. The van der Waals surface area contributed by atoms with E-state index >= 15 is 0 Å². The predicted octanol–water partition coefficient (Wildman–Crippen LogP) is 6.35. The fourth-order valence-corrected chi connectivity index (χ4v) is 4.29. The largest absolute Gasteiger partial charge is 0.460 e. The smallest absolute Gasteiger partial charge is 0.307 e. The molecule has 6 nitrogen and oxygen atoms in total. The van der Waals surface area contributed by atoms with Gasteiger partial charge in [0, 0.05) is 12.1 Å². The first-order chi connectivity index (χ1) is 14.3. The van der Waals surface area contributed by atoms with E-state index in [1.807, 2.05) is 20.8 Å². The minimum absolute atomic E-state index is 0.167. The molecule has 2 aromatic rings. The Labute approximate surface area is 183 Å². The van der Waals surface area contributed by atoms with Crippen molar-refractivity contribution in [1.29, 1.82) is 0 Å². The van der Waals surface area contributed by atoms with Crippen molar-refractivity contribution in [2.24, 2.45) is 5.92 Å². The zero-order chi connectivity index (χ0) is 21.6. The highest BCUT2D eigenvalue weighted by Crippen LogP contribution is 2.32. The Hall–Kier alpha value is -1.95. The molecule has 0 amide bonds. The maximum atomic E-state index is 12.5. The van der Waals surface area contributed by atoms with Crippen LogP contribution in [0.5, 0.6) is 0 Å². The normalized spacial score (nSPS) is 16.4. The van der Waals surface area contributed by atoms with Gasteiger partial charge < -0.3 is 9.26 Å². The third kappa shape index (κ3) is 6.79. The van der Waals surface area contributed by atoms with Gasteiger partial charge in [-0.05, 0) is 45.2 Å². The van der Waals surface area contributed by atoms with E-state index in [-0.39, 0.29) is 18.3 Å². The monoisotopic (exact) mass is 433 g/mol. The van der Waals surface area contributed by atoms with Crippen LogP contribution in [0.2, 0.25) is 5.15 Å². The van der Waals surface area contributed by atoms with Crippen molar-refractivity contribution in [3.05, 3.63) is 29.4 Å². The summed E-state index contributed by atoms with van der Waals surface area (Å²) in [6, 6.07) is 3.58. The van der Waals surface area contributed by atoms with Crippen LogP contribution in [-0.4, -0.2) is 26.7 Å². The molecule has 0 radical (unpaired) electrons. The number of ether oxygens (including phenoxy) is 1. The second-order valence-corrected chi connectivity index (χ2v) is 9.58. The van der Waals surface area contributed by atoms with E-state index < -0.39 is 5.60 Å². The summed E-state index contributed by atoms with van der Waals surface area (Å²) in [5.74, 6) is 1.24. The van der Waals surface area contributed by atoms with Crippen molar-refractivity contribution in [2.45, 2.75) is 90.1 Å². The molecule has 0 aromatic carbocycles. The van der Waals surface area contributed by atoms with Crippen LogP contribution in [0.3, 0.4) is 0 Å². The number of hydrogen-bond donors (Lipinski definition) is 0. The molecule has 0 saturated heterocycles. The Balaban J connectivity index is 1.69. The van der Waals surface area contributed by atoms with Crippen LogP contribution in [0.25, 0.3) is 11.4 Å². The fraction of sp³-hybridized carbons (Fsp3) is 0.652. The van der Waals surface area contributed by atoms with Gasteiger partial charge in [0.2, 0.25) is 11.7 Å². The summed E-state index contributed by atoms with van der Waals surface area (Å²) in [7, 11) is 0. The van der Waals surface area contributed by atoms with Gasteiger partial charge in [0.05, 0.1) is 12.0 Å². The maximum absolute atomic E-state index is 12.5. The third-order valence-corrected chi connectivity index (χ3v) is 5.81. The summed E-state index contributed by atoms with van der Waals surface area (Å²) < 4.78 is 11.1. The van der Waals surface area contributed by atoms with Crippen LogP contribution < -0.4 is 0 Å². The average Bonchev–Trinajstić information content (AvgIpc) is 3.17. The second-order valence-electron chi connectivity index (χ2n) is 9.22. The minimum atomic E-state index is -0.521. The molecule has 0 bridgehead atoms. The van der Waals surface area contributed by atoms with E-state index in [0.717, 1.165) is 18.8 Å². The second kappa shape index (κ2) is 10.4. The molecule has 0 N–H and O–H groups in total. The van der Waals surface area contributed by atoms with Gasteiger partial charge in [0.25, 0.3) is 0 Å². The SMILES string of the molecule is CC(C)(C)OC(=O)CC(CCCC1CCCCC1)c1nc(-c2cccnc2Cl)no1. The van der Waals surface area contributed by atoms with Gasteiger partial charge >= 0.3 is 5.97 Å². The molecule has 0 spiro atoms. The van der Waals surface area contributed by atoms with Gasteiger partial charge in [-0.1, -0.05) is 61.7 Å². The number of nitrogens with zero attached hydrogens (tertiary/aromatic N) is 3. The summed E-state index contributed by atoms with van der Waals surface area (Å²) in [5.41, 5.74) is 0.0971. The molecule has 7 heteroatoms. The highest BCUT2D eigenvalue weighted by atomic mass is 35.5. The summed E-state index contributed by atoms with van der Waals surface area (Å²) in [6.07, 6.45) is 11.5. The summed E-state index contributed by atoms with van der Waals surface area (Å²) in [4.78, 5) is 21.1. The highest BCUT2D eigenvalue weighted by molar-refractivity contribution is 6.31. The molecule has 1 aliphatic rings. The first kappa shape index (κ1) is 22.7. The van der Waals surface area contributed by atoms with Crippen molar-refractivity contribution in [2.75, 3.05) is 0 Å². The Kier molecular flexibility index (Phi) is 7.87. The van der Waals surface area contributed by atoms with Crippen LogP contribution in [0.15, 0.2) is 22.9 Å². The van der Waals surface area contributed by atoms with Gasteiger partial charge in [-0.3, -0.25) is 4.79 Å². The van der Waals surface area contributed by atoms with Gasteiger partial charge in [0.15, 0.2) is 0 Å². The molecule has 1 unspecified atom stereocenters. The van der Waals surface area contributed by atoms with Gasteiger partial charge in [-0.15, -0.1) is 0 Å². The average molecular weight is 434 g/mol. The van der Waals surface area contributed by atoms with E-state index in [4.69, 9.17) is 20.9 Å². The highest BCUT2D eigenvalue weighted by Gasteiger charge is 2.27. The number of rotatable bonds is 8. The summed E-state index contributed by atoms with van der Waals surface area (Å²) in [5, 5.41) is 4.41. The topological polar surface area (TPSA) is 78.1 Å². The lowest BCUT2D eigenvalue weighted by Crippen LogP contribution is -2.25. The number of carbonyl (C=O) groups is 1. The van der Waals surface area contributed by atoms with Crippen LogP contribution in [0, 0.1) is 5.92 Å². The van der Waals surface area contributed by atoms with E-state index in [1.54, 1.807) is 18.3 Å². The van der Waals surface area contributed by atoms with Gasteiger partial charge in [0.1, 0.15) is 10.8 Å². The lowest BCUT2D eigenvalue weighted by Gasteiger charge is -2.23. The van der Waals surface area contributed by atoms with Crippen LogP contribution in [-0.2, 0) is 9.53 Å². The van der Waals surface area contributed by atoms with Crippen molar-refractivity contribution in [3.8, 4) is 11.4 Å². The number of hydrogen-bond acceptors (Lipinski definition) is 6. The van der Waals surface area contributed by atoms with Crippen molar-refractivity contribution < 1.29 is 14.1 Å². The molecule has 3 rings (SSSR count). The van der Waals surface area contributed by atoms with Gasteiger partial charge in [-0.25, -0.2) is 4.98 Å². The lowest BCUT2D eigenvalue weighted by molar-refractivity contribution is -0.155. The molecule has 1 saturated carbocycles. The molecular formula is C23H32ClN3O3.